The highest BCUT2D eigenvalue weighted by molar-refractivity contribution is 5.69. The molecular weight excluding hydrogens is 488 g/mol. The molecule has 1 aromatic carbocycles. The maximum atomic E-state index is 12.5. The molecule has 1 aliphatic rings. The van der Waals surface area contributed by atoms with Gasteiger partial charge in [0, 0.05) is 43.7 Å². The van der Waals surface area contributed by atoms with Crippen molar-refractivity contribution in [3.63, 3.8) is 0 Å². The lowest BCUT2D eigenvalue weighted by atomic mass is 10.1. The predicted octanol–water partition coefficient (Wildman–Crippen LogP) is 5.67. The van der Waals surface area contributed by atoms with Crippen molar-refractivity contribution in [2.45, 2.75) is 59.1 Å². The number of amides is 1. The monoisotopic (exact) mass is 520 g/mol. The smallest absolute Gasteiger partial charge is 0.410 e. The van der Waals surface area contributed by atoms with Crippen LogP contribution in [0.5, 0.6) is 11.6 Å². The quantitative estimate of drug-likeness (QED) is 0.322. The SMILES string of the molecule is Cc1cc([N+](=O)[O-])cc(C)c1Oc1ncccc1-c1ccnc(N[C@H]2CCCN(C(=O)OC(C)(C)C)C2)n1. The summed E-state index contributed by atoms with van der Waals surface area (Å²) < 4.78 is 11.7. The van der Waals surface area contributed by atoms with Crippen LogP contribution in [-0.4, -0.2) is 55.6 Å². The van der Waals surface area contributed by atoms with E-state index in [4.69, 9.17) is 9.47 Å². The first kappa shape index (κ1) is 26.8. The van der Waals surface area contributed by atoms with E-state index in [1.165, 1.54) is 12.1 Å². The molecule has 1 saturated heterocycles. The molecule has 1 fully saturated rings. The van der Waals surface area contributed by atoms with Crippen LogP contribution >= 0.6 is 0 Å². The molecule has 11 heteroatoms. The summed E-state index contributed by atoms with van der Waals surface area (Å²) in [5.74, 6) is 1.26. The number of non-ortho nitro benzene ring substituents is 1. The number of ether oxygens (including phenoxy) is 2. The van der Waals surface area contributed by atoms with E-state index in [1.54, 1.807) is 43.3 Å². The van der Waals surface area contributed by atoms with Crippen molar-refractivity contribution in [3.05, 3.63) is 64.0 Å². The minimum Gasteiger partial charge on any atom is -0.444 e. The minimum absolute atomic E-state index is 0.00746. The number of nitro benzene ring substituents is 1. The van der Waals surface area contributed by atoms with Gasteiger partial charge in [0.05, 0.1) is 16.2 Å². The normalized spacial score (nSPS) is 15.6. The maximum Gasteiger partial charge on any atom is 0.410 e. The standard InChI is InChI=1S/C27H32N6O5/c1-17-14-20(33(35)36)15-18(2)23(17)37-24-21(9-6-11-28-24)22-10-12-29-25(31-22)30-19-8-7-13-32(16-19)26(34)38-27(3,4)5/h6,9-12,14-15,19H,7-8,13,16H2,1-5H3,(H,29,30,31)/t19-/m0/s1. The Morgan fingerprint density at radius 1 is 1.16 bits per heavy atom. The predicted molar refractivity (Wildman–Crippen MR) is 142 cm³/mol. The number of aromatic nitrogens is 3. The van der Waals surface area contributed by atoms with Crippen molar-refractivity contribution in [3.8, 4) is 22.9 Å². The number of hydrogen-bond acceptors (Lipinski definition) is 9. The van der Waals surface area contributed by atoms with Crippen LogP contribution in [0, 0.1) is 24.0 Å². The Bertz CT molecular complexity index is 1320. The van der Waals surface area contributed by atoms with Crippen LogP contribution in [0.3, 0.4) is 0 Å². The van der Waals surface area contributed by atoms with Crippen LogP contribution in [-0.2, 0) is 4.74 Å². The molecule has 0 bridgehead atoms. The molecule has 11 nitrogen and oxygen atoms in total. The van der Waals surface area contributed by atoms with Gasteiger partial charge in [-0.15, -0.1) is 0 Å². The van der Waals surface area contributed by atoms with E-state index in [2.05, 4.69) is 20.3 Å². The number of carbonyl (C=O) groups excluding carboxylic acids is 1. The van der Waals surface area contributed by atoms with E-state index in [9.17, 15) is 14.9 Å². The number of carbonyl (C=O) groups is 1. The number of benzene rings is 1. The van der Waals surface area contributed by atoms with Gasteiger partial charge in [0.2, 0.25) is 11.8 Å². The van der Waals surface area contributed by atoms with Crippen molar-refractivity contribution in [2.24, 2.45) is 0 Å². The number of aryl methyl sites for hydroxylation is 2. The molecule has 0 aliphatic carbocycles. The van der Waals surface area contributed by atoms with Crippen LogP contribution in [0.2, 0.25) is 0 Å². The molecule has 3 aromatic rings. The minimum atomic E-state index is -0.552. The average Bonchev–Trinajstić information content (AvgIpc) is 2.85. The van der Waals surface area contributed by atoms with Gasteiger partial charge in [-0.25, -0.2) is 19.7 Å². The van der Waals surface area contributed by atoms with Gasteiger partial charge in [0.15, 0.2) is 0 Å². The summed E-state index contributed by atoms with van der Waals surface area (Å²) in [5.41, 5.74) is 1.96. The molecule has 1 atom stereocenters. The number of rotatable bonds is 6. The number of nitrogens with zero attached hydrogens (tertiary/aromatic N) is 5. The lowest BCUT2D eigenvalue weighted by Gasteiger charge is -2.34. The largest absolute Gasteiger partial charge is 0.444 e. The summed E-state index contributed by atoms with van der Waals surface area (Å²) in [6.07, 6.45) is 4.64. The molecule has 3 heterocycles. The van der Waals surface area contributed by atoms with E-state index in [0.29, 0.717) is 53.1 Å². The summed E-state index contributed by atoms with van der Waals surface area (Å²) in [6, 6.07) is 8.31. The molecular formula is C27H32N6O5. The molecule has 1 amide bonds. The second kappa shape index (κ2) is 11.0. The molecule has 0 unspecified atom stereocenters. The van der Waals surface area contributed by atoms with E-state index in [0.717, 1.165) is 12.8 Å². The Morgan fingerprint density at radius 2 is 1.89 bits per heavy atom. The Morgan fingerprint density at radius 3 is 2.58 bits per heavy atom. The highest BCUT2D eigenvalue weighted by Crippen LogP contribution is 2.35. The van der Waals surface area contributed by atoms with Gasteiger partial charge in [-0.1, -0.05) is 0 Å². The third-order valence-electron chi connectivity index (χ3n) is 5.96. The van der Waals surface area contributed by atoms with Gasteiger partial charge in [-0.2, -0.15) is 0 Å². The zero-order chi connectivity index (χ0) is 27.4. The van der Waals surface area contributed by atoms with Crippen molar-refractivity contribution in [1.82, 2.24) is 19.9 Å². The van der Waals surface area contributed by atoms with E-state index in [-0.39, 0.29) is 17.8 Å². The van der Waals surface area contributed by atoms with Gasteiger partial charge < -0.3 is 19.7 Å². The second-order valence-electron chi connectivity index (χ2n) is 10.3. The topological polar surface area (TPSA) is 133 Å². The summed E-state index contributed by atoms with van der Waals surface area (Å²) >= 11 is 0. The van der Waals surface area contributed by atoms with Crippen LogP contribution < -0.4 is 10.1 Å². The zero-order valence-corrected chi connectivity index (χ0v) is 22.2. The third-order valence-corrected chi connectivity index (χ3v) is 5.96. The third kappa shape index (κ3) is 6.53. The van der Waals surface area contributed by atoms with Crippen molar-refractivity contribution >= 4 is 17.7 Å². The molecule has 200 valence electrons. The number of pyridine rings is 1. The zero-order valence-electron chi connectivity index (χ0n) is 22.2. The number of nitrogens with one attached hydrogen (secondary N) is 1. The summed E-state index contributed by atoms with van der Waals surface area (Å²) in [4.78, 5) is 38.5. The summed E-state index contributed by atoms with van der Waals surface area (Å²) in [5, 5.41) is 14.5. The van der Waals surface area contributed by atoms with Gasteiger partial charge in [0.25, 0.3) is 5.69 Å². The fraction of sp³-hybridized carbons (Fsp3) is 0.407. The van der Waals surface area contributed by atoms with Crippen LogP contribution in [0.1, 0.15) is 44.7 Å². The molecule has 1 aliphatic heterocycles. The molecule has 0 spiro atoms. The highest BCUT2D eigenvalue weighted by atomic mass is 16.6. The van der Waals surface area contributed by atoms with Gasteiger partial charge in [-0.3, -0.25) is 10.1 Å². The fourth-order valence-corrected chi connectivity index (χ4v) is 4.31. The second-order valence-corrected chi connectivity index (χ2v) is 10.3. The molecule has 4 rings (SSSR count). The summed E-state index contributed by atoms with van der Waals surface area (Å²) in [7, 11) is 0. The van der Waals surface area contributed by atoms with Crippen LogP contribution in [0.15, 0.2) is 42.7 Å². The number of hydrogen-bond donors (Lipinski definition) is 1. The lowest BCUT2D eigenvalue weighted by molar-refractivity contribution is -0.385. The fourth-order valence-electron chi connectivity index (χ4n) is 4.31. The molecule has 2 aromatic heterocycles. The summed E-state index contributed by atoms with van der Waals surface area (Å²) in [6.45, 7) is 10.2. The molecule has 38 heavy (non-hydrogen) atoms. The Kier molecular flexibility index (Phi) is 7.75. The molecule has 0 saturated carbocycles. The van der Waals surface area contributed by atoms with E-state index < -0.39 is 10.5 Å². The van der Waals surface area contributed by atoms with Gasteiger partial charge in [-0.05, 0) is 76.8 Å². The first-order chi connectivity index (χ1) is 18.0. The first-order valence-corrected chi connectivity index (χ1v) is 12.5. The number of piperidine rings is 1. The van der Waals surface area contributed by atoms with Crippen molar-refractivity contribution < 1.29 is 19.2 Å². The Hall–Kier alpha value is -4.28. The highest BCUT2D eigenvalue weighted by Gasteiger charge is 2.28. The number of likely N-dealkylation sites (tertiary alicyclic amines) is 1. The number of nitro groups is 1. The Balaban J connectivity index is 1.53. The molecule has 1 N–H and O–H groups in total. The van der Waals surface area contributed by atoms with Gasteiger partial charge in [0.1, 0.15) is 11.4 Å². The molecule has 0 radical (unpaired) electrons. The number of anilines is 1. The lowest BCUT2D eigenvalue weighted by Crippen LogP contribution is -2.47. The van der Waals surface area contributed by atoms with Crippen LogP contribution in [0.4, 0.5) is 16.4 Å². The van der Waals surface area contributed by atoms with Crippen molar-refractivity contribution in [1.29, 1.82) is 0 Å². The van der Waals surface area contributed by atoms with E-state index in [1.807, 2.05) is 26.8 Å². The maximum absolute atomic E-state index is 12.5. The average molecular weight is 521 g/mol. The van der Waals surface area contributed by atoms with Crippen LogP contribution in [0.25, 0.3) is 11.3 Å². The van der Waals surface area contributed by atoms with E-state index >= 15 is 0 Å². The van der Waals surface area contributed by atoms with Crippen molar-refractivity contribution in [2.75, 3.05) is 18.4 Å². The first-order valence-electron chi connectivity index (χ1n) is 12.5. The Labute approximate surface area is 221 Å². The van der Waals surface area contributed by atoms with Gasteiger partial charge >= 0.3 is 6.09 Å².